The molecule has 0 N–H and O–H groups in total. The van der Waals surface area contributed by atoms with Gasteiger partial charge in [-0.2, -0.15) is 0 Å². The van der Waals surface area contributed by atoms with Crippen LogP contribution in [0.2, 0.25) is 0 Å². The Balaban J connectivity index is 0.000000178. The number of nitrogens with zero attached hydrogens (tertiary/aromatic N) is 1. The van der Waals surface area contributed by atoms with Crippen molar-refractivity contribution < 1.29 is 9.53 Å². The molecule has 0 aliphatic carbocycles. The van der Waals surface area contributed by atoms with E-state index in [1.807, 2.05) is 67.7 Å². The molecule has 0 radical (unpaired) electrons. The van der Waals surface area contributed by atoms with Crippen molar-refractivity contribution in [1.29, 1.82) is 0 Å². The number of hydrogen-bond donors (Lipinski definition) is 0. The Hall–Kier alpha value is -2.29. The topological polar surface area (TPSA) is 29.5 Å². The Morgan fingerprint density at radius 2 is 1.40 bits per heavy atom. The third-order valence-corrected chi connectivity index (χ3v) is 3.03. The second-order valence-corrected chi connectivity index (χ2v) is 4.65. The van der Waals surface area contributed by atoms with Gasteiger partial charge in [0, 0.05) is 20.0 Å². The number of amides is 1. The van der Waals surface area contributed by atoms with Crippen LogP contribution in [0, 0.1) is 0 Å². The Labute approximate surface area is 119 Å². The lowest BCUT2D eigenvalue weighted by Crippen LogP contribution is -2.17. The Bertz CT molecular complexity index is 488. The highest BCUT2D eigenvalue weighted by atomic mass is 16.5. The van der Waals surface area contributed by atoms with E-state index in [0.717, 1.165) is 30.9 Å². The molecule has 1 amide bonds. The number of hydrogen-bond acceptors (Lipinski definition) is 2. The predicted molar refractivity (Wildman–Crippen MR) is 79.8 cm³/mol. The molecule has 3 rings (SSSR count). The van der Waals surface area contributed by atoms with Crippen molar-refractivity contribution in [3.05, 3.63) is 60.7 Å². The van der Waals surface area contributed by atoms with E-state index in [-0.39, 0.29) is 0 Å². The van der Waals surface area contributed by atoms with Gasteiger partial charge in [0.25, 0.3) is 0 Å². The molecule has 1 fully saturated rings. The first-order valence-corrected chi connectivity index (χ1v) is 6.77. The summed E-state index contributed by atoms with van der Waals surface area (Å²) >= 11 is 0. The molecule has 1 aliphatic rings. The maximum Gasteiger partial charge on any atom is 0.222 e. The van der Waals surface area contributed by atoms with Gasteiger partial charge in [-0.1, -0.05) is 36.4 Å². The van der Waals surface area contributed by atoms with Gasteiger partial charge in [0.2, 0.25) is 5.91 Å². The van der Waals surface area contributed by atoms with Gasteiger partial charge in [-0.3, -0.25) is 4.79 Å². The summed E-state index contributed by atoms with van der Waals surface area (Å²) < 4.78 is 5.58. The highest BCUT2D eigenvalue weighted by molar-refractivity contribution is 5.77. The summed E-state index contributed by atoms with van der Waals surface area (Å²) in [6.45, 7) is 0.957. The number of ether oxygens (including phenoxy) is 1. The van der Waals surface area contributed by atoms with E-state index in [1.54, 1.807) is 4.90 Å². The van der Waals surface area contributed by atoms with Crippen molar-refractivity contribution in [2.45, 2.75) is 12.8 Å². The van der Waals surface area contributed by atoms with Crippen LogP contribution in [0.25, 0.3) is 0 Å². The van der Waals surface area contributed by atoms with Gasteiger partial charge >= 0.3 is 0 Å². The van der Waals surface area contributed by atoms with Gasteiger partial charge in [-0.15, -0.1) is 0 Å². The molecule has 2 aromatic rings. The van der Waals surface area contributed by atoms with Crippen LogP contribution < -0.4 is 4.74 Å². The second kappa shape index (κ2) is 7.34. The van der Waals surface area contributed by atoms with Crippen LogP contribution in [0.5, 0.6) is 11.5 Å². The Morgan fingerprint density at radius 1 is 0.900 bits per heavy atom. The summed E-state index contributed by atoms with van der Waals surface area (Å²) in [5.74, 6) is 2.03. The minimum absolute atomic E-state index is 0.292. The third kappa shape index (κ3) is 4.43. The largest absolute Gasteiger partial charge is 0.457 e. The average Bonchev–Trinajstić information content (AvgIpc) is 2.86. The number of para-hydroxylation sites is 2. The summed E-state index contributed by atoms with van der Waals surface area (Å²) in [5, 5.41) is 0. The molecule has 20 heavy (non-hydrogen) atoms. The minimum atomic E-state index is 0.292. The number of carbonyl (C=O) groups is 1. The van der Waals surface area contributed by atoms with E-state index < -0.39 is 0 Å². The first-order valence-electron chi connectivity index (χ1n) is 6.77. The molecule has 0 unspecified atom stereocenters. The van der Waals surface area contributed by atoms with Gasteiger partial charge in [0.1, 0.15) is 11.5 Å². The zero-order chi connectivity index (χ0) is 14.2. The fraction of sp³-hybridized carbons (Fsp3) is 0.235. The molecule has 3 nitrogen and oxygen atoms in total. The number of likely N-dealkylation sites (tertiary alicyclic amines) is 1. The minimum Gasteiger partial charge on any atom is -0.457 e. The summed E-state index contributed by atoms with van der Waals surface area (Å²) in [7, 11) is 1.84. The smallest absolute Gasteiger partial charge is 0.222 e. The van der Waals surface area contributed by atoms with Crippen LogP contribution >= 0.6 is 0 Å². The van der Waals surface area contributed by atoms with Gasteiger partial charge < -0.3 is 9.64 Å². The lowest BCUT2D eigenvalue weighted by molar-refractivity contribution is -0.126. The maximum atomic E-state index is 10.5. The van der Waals surface area contributed by atoms with Crippen LogP contribution in [-0.2, 0) is 4.79 Å². The van der Waals surface area contributed by atoms with Crippen molar-refractivity contribution >= 4 is 5.91 Å². The van der Waals surface area contributed by atoms with Crippen LogP contribution in [-0.4, -0.2) is 24.4 Å². The molecule has 0 bridgehead atoms. The highest BCUT2D eigenvalue weighted by Gasteiger charge is 2.14. The predicted octanol–water partition coefficient (Wildman–Crippen LogP) is 3.72. The third-order valence-electron chi connectivity index (χ3n) is 3.03. The fourth-order valence-electron chi connectivity index (χ4n) is 1.90. The summed E-state index contributed by atoms with van der Waals surface area (Å²) in [6.07, 6.45) is 1.81. The van der Waals surface area contributed by atoms with Crippen molar-refractivity contribution in [2.24, 2.45) is 0 Å². The first kappa shape index (κ1) is 14.1. The number of carbonyl (C=O) groups excluding carboxylic acids is 1. The summed E-state index contributed by atoms with van der Waals surface area (Å²) in [6, 6.07) is 19.5. The van der Waals surface area contributed by atoms with Gasteiger partial charge in [0.05, 0.1) is 0 Å². The quantitative estimate of drug-likeness (QED) is 0.831. The van der Waals surface area contributed by atoms with Crippen LogP contribution in [0.3, 0.4) is 0 Å². The van der Waals surface area contributed by atoms with E-state index in [1.165, 1.54) is 0 Å². The van der Waals surface area contributed by atoms with Crippen LogP contribution in [0.1, 0.15) is 12.8 Å². The maximum absolute atomic E-state index is 10.5. The van der Waals surface area contributed by atoms with E-state index >= 15 is 0 Å². The van der Waals surface area contributed by atoms with Gasteiger partial charge in [-0.25, -0.2) is 0 Å². The lowest BCUT2D eigenvalue weighted by Gasteiger charge is -2.03. The normalized spacial score (nSPS) is 13.7. The van der Waals surface area contributed by atoms with Crippen molar-refractivity contribution in [2.75, 3.05) is 13.6 Å². The summed E-state index contributed by atoms with van der Waals surface area (Å²) in [5.41, 5.74) is 0. The number of benzene rings is 2. The molecule has 0 aromatic heterocycles. The number of rotatable bonds is 2. The molecule has 0 spiro atoms. The SMILES string of the molecule is CN1CCCC1=O.c1ccc(Oc2ccccc2)cc1. The zero-order valence-electron chi connectivity index (χ0n) is 11.7. The summed E-state index contributed by atoms with van der Waals surface area (Å²) in [4.78, 5) is 12.3. The van der Waals surface area contributed by atoms with E-state index in [0.29, 0.717) is 5.91 Å². The average molecular weight is 269 g/mol. The van der Waals surface area contributed by atoms with E-state index in [4.69, 9.17) is 4.74 Å². The first-order chi connectivity index (χ1) is 9.75. The molecule has 1 aliphatic heterocycles. The molecule has 3 heteroatoms. The molecule has 1 heterocycles. The van der Waals surface area contributed by atoms with Crippen molar-refractivity contribution in [1.82, 2.24) is 4.90 Å². The monoisotopic (exact) mass is 269 g/mol. The van der Waals surface area contributed by atoms with Crippen LogP contribution in [0.4, 0.5) is 0 Å². The molecule has 104 valence electrons. The molecular formula is C17H19NO2. The molecule has 2 aromatic carbocycles. The van der Waals surface area contributed by atoms with Crippen molar-refractivity contribution in [3.63, 3.8) is 0 Å². The molecular weight excluding hydrogens is 250 g/mol. The lowest BCUT2D eigenvalue weighted by atomic mass is 10.3. The Morgan fingerprint density at radius 3 is 1.70 bits per heavy atom. The standard InChI is InChI=1S/C12H10O.C5H9NO/c1-3-7-11(8-4-1)13-12-9-5-2-6-10-12;1-6-4-2-3-5(6)7/h1-10H;2-4H2,1H3. The molecule has 0 saturated carbocycles. The van der Waals surface area contributed by atoms with Crippen molar-refractivity contribution in [3.8, 4) is 11.5 Å². The van der Waals surface area contributed by atoms with Crippen LogP contribution in [0.15, 0.2) is 60.7 Å². The van der Waals surface area contributed by atoms with Gasteiger partial charge in [0.15, 0.2) is 0 Å². The van der Waals surface area contributed by atoms with E-state index in [9.17, 15) is 4.79 Å². The fourth-order valence-corrected chi connectivity index (χ4v) is 1.90. The van der Waals surface area contributed by atoms with E-state index in [2.05, 4.69) is 0 Å². The zero-order valence-corrected chi connectivity index (χ0v) is 11.7. The second-order valence-electron chi connectivity index (χ2n) is 4.65. The molecule has 0 atom stereocenters. The highest BCUT2D eigenvalue weighted by Crippen LogP contribution is 2.19. The Kier molecular flexibility index (Phi) is 5.18. The molecule has 1 saturated heterocycles. The van der Waals surface area contributed by atoms with Gasteiger partial charge in [-0.05, 0) is 30.7 Å².